The van der Waals surface area contributed by atoms with Crippen LogP contribution < -0.4 is 0 Å². The minimum absolute atomic E-state index is 0.0335. The maximum absolute atomic E-state index is 12.3. The average molecular weight is 390 g/mol. The lowest BCUT2D eigenvalue weighted by molar-refractivity contribution is -0.161. The summed E-state index contributed by atoms with van der Waals surface area (Å²) in [5.41, 5.74) is 0.821. The van der Waals surface area contributed by atoms with Gasteiger partial charge in [0.25, 0.3) is 0 Å². The van der Waals surface area contributed by atoms with Crippen LogP contribution in [-0.2, 0) is 14.4 Å². The molecule has 4 aliphatic heterocycles. The van der Waals surface area contributed by atoms with Crippen LogP contribution in [0.1, 0.15) is 32.6 Å². The standard InChI is InChI=1S/C19H26N4O5/c1-10(24)16-13-7-12(17(19(27)28)23(13)18(16)26)11-4-6-21(8-11)14(20)9-22-5-2-3-15(22)25/h10-11,13,16,20,24H,2-9H2,1H3,(H,27,28)/t10-,11-,13-,16-/m1/s1. The van der Waals surface area contributed by atoms with Crippen LogP contribution in [0.2, 0.25) is 0 Å². The molecule has 28 heavy (non-hydrogen) atoms. The van der Waals surface area contributed by atoms with Crippen molar-refractivity contribution in [3.8, 4) is 0 Å². The Balaban J connectivity index is 1.46. The summed E-state index contributed by atoms with van der Waals surface area (Å²) in [7, 11) is 0. The molecule has 3 fully saturated rings. The Kier molecular flexibility index (Phi) is 4.65. The van der Waals surface area contributed by atoms with Crippen molar-refractivity contribution in [1.82, 2.24) is 14.7 Å². The minimum atomic E-state index is -1.11. The summed E-state index contributed by atoms with van der Waals surface area (Å²) in [5.74, 6) is -1.53. The van der Waals surface area contributed by atoms with Crippen molar-refractivity contribution in [3.05, 3.63) is 11.3 Å². The van der Waals surface area contributed by atoms with Crippen LogP contribution in [0, 0.1) is 17.2 Å². The van der Waals surface area contributed by atoms with Crippen LogP contribution >= 0.6 is 0 Å². The monoisotopic (exact) mass is 390 g/mol. The number of fused-ring (bicyclic) bond motifs is 1. The highest BCUT2D eigenvalue weighted by Crippen LogP contribution is 2.47. The lowest BCUT2D eigenvalue weighted by Crippen LogP contribution is -2.61. The molecule has 0 saturated carbocycles. The molecule has 0 unspecified atom stereocenters. The number of aliphatic carboxylic acids is 1. The molecule has 4 heterocycles. The van der Waals surface area contributed by atoms with Crippen LogP contribution in [0.3, 0.4) is 0 Å². The summed E-state index contributed by atoms with van der Waals surface area (Å²) in [5, 5.41) is 27.9. The van der Waals surface area contributed by atoms with E-state index in [-0.39, 0.29) is 29.5 Å². The third-order valence-electron chi connectivity index (χ3n) is 6.54. The van der Waals surface area contributed by atoms with Gasteiger partial charge in [-0.25, -0.2) is 4.79 Å². The molecule has 0 aromatic rings. The smallest absolute Gasteiger partial charge is 0.352 e. The first-order valence-electron chi connectivity index (χ1n) is 9.87. The van der Waals surface area contributed by atoms with Crippen LogP contribution in [0.5, 0.6) is 0 Å². The van der Waals surface area contributed by atoms with Crippen molar-refractivity contribution < 1.29 is 24.6 Å². The number of nitrogens with zero attached hydrogens (tertiary/aromatic N) is 3. The highest BCUT2D eigenvalue weighted by molar-refractivity contribution is 5.99. The third-order valence-corrected chi connectivity index (χ3v) is 6.54. The first-order valence-corrected chi connectivity index (χ1v) is 9.87. The van der Waals surface area contributed by atoms with Gasteiger partial charge in [-0.3, -0.25) is 15.0 Å². The number of amides is 2. The SMILES string of the molecule is C[C@@H](O)[C@H]1C(=O)N2C(C(=O)O)=C([C@@H]3CCN(C(=N)CN4CCCC4=O)C3)C[C@H]12. The molecule has 9 heteroatoms. The number of rotatable bonds is 5. The average Bonchev–Trinajstić information content (AvgIpc) is 3.32. The van der Waals surface area contributed by atoms with E-state index in [0.29, 0.717) is 44.9 Å². The lowest BCUT2D eigenvalue weighted by atomic mass is 9.82. The minimum Gasteiger partial charge on any atom is -0.477 e. The molecule has 0 bridgehead atoms. The van der Waals surface area contributed by atoms with Crippen LogP contribution in [0.4, 0.5) is 0 Å². The van der Waals surface area contributed by atoms with Crippen LogP contribution in [-0.4, -0.2) is 86.9 Å². The Morgan fingerprint density at radius 1 is 1.32 bits per heavy atom. The molecule has 0 radical (unpaired) electrons. The summed E-state index contributed by atoms with van der Waals surface area (Å²) in [6.45, 7) is 3.72. The molecule has 3 N–H and O–H groups in total. The molecule has 2 amide bonds. The number of carbonyl (C=O) groups is 3. The molecule has 0 spiro atoms. The topological polar surface area (TPSA) is 125 Å². The number of β-lactam (4-membered cyclic amide) rings is 1. The van der Waals surface area contributed by atoms with E-state index in [0.717, 1.165) is 18.4 Å². The number of carbonyl (C=O) groups excluding carboxylic acids is 2. The second-order valence-corrected chi connectivity index (χ2v) is 8.22. The largest absolute Gasteiger partial charge is 0.477 e. The summed E-state index contributed by atoms with van der Waals surface area (Å²) in [6, 6.07) is -0.274. The molecule has 4 aliphatic rings. The highest BCUT2D eigenvalue weighted by atomic mass is 16.4. The zero-order valence-electron chi connectivity index (χ0n) is 15.9. The van der Waals surface area contributed by atoms with Gasteiger partial charge in [0.15, 0.2) is 0 Å². The fourth-order valence-electron chi connectivity index (χ4n) is 5.11. The van der Waals surface area contributed by atoms with Crippen LogP contribution in [0.15, 0.2) is 11.3 Å². The van der Waals surface area contributed by atoms with Gasteiger partial charge in [-0.15, -0.1) is 0 Å². The van der Waals surface area contributed by atoms with E-state index in [1.165, 1.54) is 4.90 Å². The first-order chi connectivity index (χ1) is 13.3. The van der Waals surface area contributed by atoms with Crippen molar-refractivity contribution in [2.75, 3.05) is 26.2 Å². The van der Waals surface area contributed by atoms with Gasteiger partial charge in [0, 0.05) is 32.0 Å². The third kappa shape index (κ3) is 2.88. The number of aliphatic hydroxyl groups is 1. The van der Waals surface area contributed by atoms with E-state index < -0.39 is 18.0 Å². The number of likely N-dealkylation sites (tertiary alicyclic amines) is 2. The summed E-state index contributed by atoms with van der Waals surface area (Å²) in [4.78, 5) is 40.9. The Morgan fingerprint density at radius 3 is 2.68 bits per heavy atom. The van der Waals surface area contributed by atoms with E-state index in [1.54, 1.807) is 11.8 Å². The molecule has 9 nitrogen and oxygen atoms in total. The second-order valence-electron chi connectivity index (χ2n) is 8.22. The summed E-state index contributed by atoms with van der Waals surface area (Å²) < 4.78 is 0. The van der Waals surface area contributed by atoms with Crippen molar-refractivity contribution in [2.24, 2.45) is 11.8 Å². The summed E-state index contributed by atoms with van der Waals surface area (Å²) in [6.07, 6.45) is 1.77. The van der Waals surface area contributed by atoms with E-state index in [1.807, 2.05) is 4.90 Å². The van der Waals surface area contributed by atoms with Gasteiger partial charge in [-0.05, 0) is 31.8 Å². The number of hydrogen-bond acceptors (Lipinski definition) is 5. The zero-order chi connectivity index (χ0) is 20.2. The van der Waals surface area contributed by atoms with Crippen molar-refractivity contribution >= 4 is 23.6 Å². The molecule has 152 valence electrons. The first kappa shape index (κ1) is 18.9. The van der Waals surface area contributed by atoms with Crippen molar-refractivity contribution in [2.45, 2.75) is 44.8 Å². The number of carboxylic acid groups (broad SMARTS) is 1. The normalized spacial score (nSPS) is 30.8. The molecule has 4 rings (SSSR count). The predicted octanol–water partition coefficient (Wildman–Crippen LogP) is -0.142. The molecular formula is C19H26N4O5. The van der Waals surface area contributed by atoms with Gasteiger partial charge in [0.05, 0.1) is 24.6 Å². The fourth-order valence-corrected chi connectivity index (χ4v) is 5.11. The maximum Gasteiger partial charge on any atom is 0.352 e. The molecule has 3 saturated heterocycles. The Labute approximate surface area is 163 Å². The van der Waals surface area contributed by atoms with Gasteiger partial charge in [-0.1, -0.05) is 0 Å². The van der Waals surface area contributed by atoms with Crippen molar-refractivity contribution in [3.63, 3.8) is 0 Å². The molecule has 0 aromatic heterocycles. The van der Waals surface area contributed by atoms with Gasteiger partial charge in [-0.2, -0.15) is 0 Å². The number of nitrogens with one attached hydrogen (secondary N) is 1. The van der Waals surface area contributed by atoms with Crippen molar-refractivity contribution in [1.29, 1.82) is 5.41 Å². The molecule has 4 atom stereocenters. The van der Waals surface area contributed by atoms with Gasteiger partial charge >= 0.3 is 5.97 Å². The molecule has 0 aromatic carbocycles. The fraction of sp³-hybridized carbons (Fsp3) is 0.684. The van der Waals surface area contributed by atoms with E-state index >= 15 is 0 Å². The number of hydrogen-bond donors (Lipinski definition) is 3. The van der Waals surface area contributed by atoms with E-state index in [4.69, 9.17) is 5.41 Å². The van der Waals surface area contributed by atoms with E-state index in [2.05, 4.69) is 0 Å². The number of amidine groups is 1. The Hall–Kier alpha value is -2.42. The lowest BCUT2D eigenvalue weighted by Gasteiger charge is -2.44. The van der Waals surface area contributed by atoms with Gasteiger partial charge in [0.1, 0.15) is 11.5 Å². The zero-order valence-corrected chi connectivity index (χ0v) is 15.9. The summed E-state index contributed by atoms with van der Waals surface area (Å²) >= 11 is 0. The van der Waals surface area contributed by atoms with E-state index in [9.17, 15) is 24.6 Å². The highest BCUT2D eigenvalue weighted by Gasteiger charge is 2.57. The number of carboxylic acids is 1. The predicted molar refractivity (Wildman–Crippen MR) is 98.3 cm³/mol. The van der Waals surface area contributed by atoms with Gasteiger partial charge < -0.3 is 24.9 Å². The molecular weight excluding hydrogens is 364 g/mol. The van der Waals surface area contributed by atoms with Crippen LogP contribution in [0.25, 0.3) is 0 Å². The van der Waals surface area contributed by atoms with Gasteiger partial charge in [0.2, 0.25) is 11.8 Å². The molecule has 0 aliphatic carbocycles. The quantitative estimate of drug-likeness (QED) is 0.341. The Morgan fingerprint density at radius 2 is 2.07 bits per heavy atom. The maximum atomic E-state index is 12.3. The second kappa shape index (κ2) is 6.88. The Bertz CT molecular complexity index is 776. The number of aliphatic hydroxyl groups excluding tert-OH is 1.